The Balaban J connectivity index is 2.44. The van der Waals surface area contributed by atoms with Crippen molar-refractivity contribution in [3.8, 4) is 0 Å². The number of ether oxygens (including phenoxy) is 2. The van der Waals surface area contributed by atoms with Crippen molar-refractivity contribution in [2.45, 2.75) is 19.6 Å². The van der Waals surface area contributed by atoms with E-state index in [4.69, 9.17) is 9.47 Å². The molecule has 1 aliphatic heterocycles. The summed E-state index contributed by atoms with van der Waals surface area (Å²) in [5.74, 6) is -0.423. The number of hydrogen-bond acceptors (Lipinski definition) is 3. The van der Waals surface area contributed by atoms with Crippen LogP contribution in [0.3, 0.4) is 0 Å². The zero-order chi connectivity index (χ0) is 9.68. The molecule has 0 aromatic carbocycles. The highest BCUT2D eigenvalue weighted by Crippen LogP contribution is 2.08. The lowest BCUT2D eigenvalue weighted by atomic mass is 10.3. The van der Waals surface area contributed by atoms with Crippen molar-refractivity contribution in [1.82, 2.24) is 0 Å². The summed E-state index contributed by atoms with van der Waals surface area (Å²) in [6, 6.07) is 0. The molecule has 0 spiro atoms. The normalized spacial score (nSPS) is 20.2. The fourth-order valence-electron chi connectivity index (χ4n) is 0.798. The number of hydrogen-bond donors (Lipinski definition) is 0. The van der Waals surface area contributed by atoms with Crippen molar-refractivity contribution in [2.75, 3.05) is 0 Å². The van der Waals surface area contributed by atoms with Crippen molar-refractivity contribution < 1.29 is 14.3 Å². The van der Waals surface area contributed by atoms with Crippen LogP contribution in [0.15, 0.2) is 36.6 Å². The van der Waals surface area contributed by atoms with Gasteiger partial charge in [-0.2, -0.15) is 0 Å². The second-order valence-electron chi connectivity index (χ2n) is 2.74. The lowest BCUT2D eigenvalue weighted by Gasteiger charge is -2.14. The summed E-state index contributed by atoms with van der Waals surface area (Å²) in [6.45, 7) is 5.08. The molecule has 0 fully saturated rings. The van der Waals surface area contributed by atoms with Gasteiger partial charge >= 0.3 is 5.97 Å². The second-order valence-corrected chi connectivity index (χ2v) is 2.74. The summed E-state index contributed by atoms with van der Waals surface area (Å²) in [7, 11) is 0. The summed E-state index contributed by atoms with van der Waals surface area (Å²) >= 11 is 0. The predicted molar refractivity (Wildman–Crippen MR) is 48.7 cm³/mol. The van der Waals surface area contributed by atoms with E-state index in [1.165, 1.54) is 6.26 Å². The number of rotatable bonds is 2. The third-order valence-electron chi connectivity index (χ3n) is 1.47. The molecule has 3 nitrogen and oxygen atoms in total. The lowest BCUT2D eigenvalue weighted by Crippen LogP contribution is -2.18. The van der Waals surface area contributed by atoms with Crippen LogP contribution in [0.2, 0.25) is 0 Å². The van der Waals surface area contributed by atoms with Crippen LogP contribution in [0.25, 0.3) is 0 Å². The van der Waals surface area contributed by atoms with E-state index in [0.717, 1.165) is 0 Å². The van der Waals surface area contributed by atoms with Gasteiger partial charge in [-0.1, -0.05) is 18.7 Å². The molecule has 0 aromatic rings. The molecular weight excluding hydrogens is 168 g/mol. The summed E-state index contributed by atoms with van der Waals surface area (Å²) in [5.41, 5.74) is 0.376. The zero-order valence-electron chi connectivity index (χ0n) is 7.53. The van der Waals surface area contributed by atoms with E-state index < -0.39 is 12.3 Å². The standard InChI is InChI=1S/C10H12O3/c1-8(2)10(11)13-9-6-4-3-5-7-12-9/h3-5,7,9H,1,6H2,2H3. The molecule has 1 unspecified atom stereocenters. The van der Waals surface area contributed by atoms with Crippen molar-refractivity contribution in [2.24, 2.45) is 0 Å². The maximum Gasteiger partial charge on any atom is 0.336 e. The van der Waals surface area contributed by atoms with Gasteiger partial charge in [0, 0.05) is 12.0 Å². The van der Waals surface area contributed by atoms with E-state index in [9.17, 15) is 4.79 Å². The molecule has 0 saturated heterocycles. The Morgan fingerprint density at radius 2 is 2.38 bits per heavy atom. The van der Waals surface area contributed by atoms with Crippen LogP contribution in [0.1, 0.15) is 13.3 Å². The van der Waals surface area contributed by atoms with Crippen LogP contribution in [0.4, 0.5) is 0 Å². The first-order valence-corrected chi connectivity index (χ1v) is 4.04. The van der Waals surface area contributed by atoms with Gasteiger partial charge in [-0.05, 0) is 13.0 Å². The topological polar surface area (TPSA) is 35.5 Å². The maximum atomic E-state index is 11.1. The Hall–Kier alpha value is -1.51. The van der Waals surface area contributed by atoms with Crippen LogP contribution >= 0.6 is 0 Å². The van der Waals surface area contributed by atoms with Crippen molar-refractivity contribution in [1.29, 1.82) is 0 Å². The predicted octanol–water partition coefficient (Wildman–Crippen LogP) is 1.92. The average Bonchev–Trinajstić information content (AvgIpc) is 2.32. The molecule has 0 aliphatic carbocycles. The molecule has 70 valence electrons. The minimum absolute atomic E-state index is 0.376. The first-order chi connectivity index (χ1) is 6.20. The minimum atomic E-state index is -0.529. The quantitative estimate of drug-likeness (QED) is 0.481. The highest BCUT2D eigenvalue weighted by atomic mass is 16.7. The fourth-order valence-corrected chi connectivity index (χ4v) is 0.798. The van der Waals surface area contributed by atoms with Gasteiger partial charge in [-0.15, -0.1) is 0 Å². The molecule has 0 N–H and O–H groups in total. The van der Waals surface area contributed by atoms with Gasteiger partial charge in [0.05, 0.1) is 6.26 Å². The minimum Gasteiger partial charge on any atom is -0.462 e. The fraction of sp³-hybridized carbons (Fsp3) is 0.300. The Bertz CT molecular complexity index is 249. The molecule has 1 rings (SSSR count). The van der Waals surface area contributed by atoms with Gasteiger partial charge in [0.25, 0.3) is 0 Å². The molecule has 1 atom stereocenters. The SMILES string of the molecule is C=C(C)C(=O)OC1CC=CC=CO1. The molecule has 1 heterocycles. The molecular formula is C10H12O3. The van der Waals surface area contributed by atoms with Crippen LogP contribution in [0.5, 0.6) is 0 Å². The summed E-state index contributed by atoms with van der Waals surface area (Å²) in [5, 5.41) is 0. The number of carbonyl (C=O) groups is 1. The third kappa shape index (κ3) is 3.15. The number of esters is 1. The van der Waals surface area contributed by atoms with Gasteiger partial charge in [0.2, 0.25) is 6.29 Å². The van der Waals surface area contributed by atoms with Crippen molar-refractivity contribution >= 4 is 5.97 Å². The smallest absolute Gasteiger partial charge is 0.336 e. The first kappa shape index (κ1) is 9.58. The molecule has 3 heteroatoms. The molecule has 0 bridgehead atoms. The zero-order valence-corrected chi connectivity index (χ0v) is 7.53. The summed E-state index contributed by atoms with van der Waals surface area (Å²) < 4.78 is 10.1. The van der Waals surface area contributed by atoms with Crippen LogP contribution in [-0.2, 0) is 14.3 Å². The van der Waals surface area contributed by atoms with Gasteiger partial charge in [-0.3, -0.25) is 0 Å². The Kier molecular flexibility index (Phi) is 3.31. The summed E-state index contributed by atoms with van der Waals surface area (Å²) in [4.78, 5) is 11.1. The van der Waals surface area contributed by atoms with Gasteiger partial charge in [0.1, 0.15) is 0 Å². The van der Waals surface area contributed by atoms with E-state index in [1.807, 2.05) is 12.2 Å². The van der Waals surface area contributed by atoms with Crippen molar-refractivity contribution in [3.05, 3.63) is 36.6 Å². The average molecular weight is 180 g/mol. The lowest BCUT2D eigenvalue weighted by molar-refractivity contribution is -0.163. The highest BCUT2D eigenvalue weighted by Gasteiger charge is 2.13. The van der Waals surface area contributed by atoms with Crippen LogP contribution in [-0.4, -0.2) is 12.3 Å². The third-order valence-corrected chi connectivity index (χ3v) is 1.47. The van der Waals surface area contributed by atoms with E-state index in [1.54, 1.807) is 13.0 Å². The first-order valence-electron chi connectivity index (χ1n) is 4.04. The van der Waals surface area contributed by atoms with Gasteiger partial charge in [0.15, 0.2) is 0 Å². The summed E-state index contributed by atoms with van der Waals surface area (Å²) in [6.07, 6.45) is 6.99. The molecule has 13 heavy (non-hydrogen) atoms. The highest BCUT2D eigenvalue weighted by molar-refractivity contribution is 5.87. The Morgan fingerprint density at radius 3 is 3.08 bits per heavy atom. The second kappa shape index (κ2) is 4.50. The Morgan fingerprint density at radius 1 is 1.62 bits per heavy atom. The van der Waals surface area contributed by atoms with E-state index in [0.29, 0.717) is 12.0 Å². The number of carbonyl (C=O) groups excluding carboxylic acids is 1. The number of allylic oxidation sites excluding steroid dienone is 2. The van der Waals surface area contributed by atoms with Crippen LogP contribution in [0, 0.1) is 0 Å². The molecule has 1 aliphatic rings. The molecule has 0 amide bonds. The van der Waals surface area contributed by atoms with E-state index in [-0.39, 0.29) is 0 Å². The van der Waals surface area contributed by atoms with Gasteiger partial charge in [-0.25, -0.2) is 4.79 Å². The largest absolute Gasteiger partial charge is 0.462 e. The molecule has 0 saturated carbocycles. The monoisotopic (exact) mass is 180 g/mol. The van der Waals surface area contributed by atoms with Crippen molar-refractivity contribution in [3.63, 3.8) is 0 Å². The van der Waals surface area contributed by atoms with E-state index in [2.05, 4.69) is 6.58 Å². The maximum absolute atomic E-state index is 11.1. The van der Waals surface area contributed by atoms with E-state index >= 15 is 0 Å². The van der Waals surface area contributed by atoms with Crippen LogP contribution < -0.4 is 0 Å². The Labute approximate surface area is 77.3 Å². The van der Waals surface area contributed by atoms with Gasteiger partial charge < -0.3 is 9.47 Å². The molecule has 0 radical (unpaired) electrons. The molecule has 0 aromatic heterocycles.